The number of pyridine rings is 2. The molecular weight excluding hydrogens is 852 g/mol. The van der Waals surface area contributed by atoms with E-state index < -0.39 is 43.0 Å². The number of piperidine rings is 1. The van der Waals surface area contributed by atoms with Crippen molar-refractivity contribution in [1.29, 1.82) is 0 Å². The minimum absolute atomic E-state index is 0.0947. The van der Waals surface area contributed by atoms with Gasteiger partial charge in [0.15, 0.2) is 5.75 Å². The van der Waals surface area contributed by atoms with E-state index in [1.807, 2.05) is 4.72 Å². The normalized spacial score (nSPS) is 23.4. The number of nitro groups is 1. The van der Waals surface area contributed by atoms with Gasteiger partial charge in [0.25, 0.3) is 21.9 Å². The number of rotatable bonds is 13. The summed E-state index contributed by atoms with van der Waals surface area (Å²) in [4.78, 5) is 40.5. The molecule has 2 atom stereocenters. The van der Waals surface area contributed by atoms with Crippen LogP contribution in [-0.2, 0) is 10.0 Å². The zero-order valence-corrected chi connectivity index (χ0v) is 37.9. The number of anilines is 2. The summed E-state index contributed by atoms with van der Waals surface area (Å²) in [6.07, 6.45) is 10.8. The molecule has 2 saturated carbocycles. The molecule has 2 aliphatic carbocycles. The molecule has 2 saturated heterocycles. The Hall–Kier alpha value is -5.65. The number of fused-ring (bicyclic) bond motifs is 1. The molecule has 4 aliphatic rings. The second-order valence-electron chi connectivity index (χ2n) is 19.3. The van der Waals surface area contributed by atoms with E-state index in [0.717, 1.165) is 69.8 Å². The van der Waals surface area contributed by atoms with Gasteiger partial charge in [0.05, 0.1) is 22.3 Å². The topological polar surface area (TPSA) is 196 Å². The van der Waals surface area contributed by atoms with Crippen LogP contribution >= 0.6 is 0 Å². The molecule has 1 amide bonds. The highest BCUT2D eigenvalue weighted by molar-refractivity contribution is 7.90. The van der Waals surface area contributed by atoms with Crippen molar-refractivity contribution in [2.45, 2.75) is 107 Å². The number of benzene rings is 2. The number of nitrogens with zero attached hydrogens (tertiary/aromatic N) is 5. The maximum Gasteiger partial charge on any atom is 0.312 e. The van der Waals surface area contributed by atoms with Gasteiger partial charge in [0.1, 0.15) is 16.3 Å². The monoisotopic (exact) mass is 908 g/mol. The van der Waals surface area contributed by atoms with Crippen molar-refractivity contribution in [2.75, 3.05) is 42.9 Å². The molecule has 1 spiro atoms. The standard InChI is InChI=1S/C48H57FN8O7S/c1-30(2)35-7-4-5-8-36(35)37-9-6-10-39(37)56-28-48(29-56)18-21-55(22-19-48)33-11-12-38(41(24-33)64-42-23-32-15-20-50-44(32)53-43(42)49)46(58)54-65(62,63)34-25-40(57(60)61)45(52-27-34)51-26-31-13-16-47(3,59)17-14-31/h4-5,7-8,11-12,15,20,23-25,27,30-31,37,39,59H,6,9-10,13-14,16-19,21-22,26,28-29H2,1-3H3,(H,50,53)(H,51,52)(H,54,58)/t31-,37-,39-,47-/m0/s1. The van der Waals surface area contributed by atoms with Gasteiger partial charge in [0.2, 0.25) is 5.82 Å². The van der Waals surface area contributed by atoms with Crippen LogP contribution < -0.4 is 19.7 Å². The number of carbonyl (C=O) groups excluding carboxylic acids is 1. The Balaban J connectivity index is 0.908. The second-order valence-corrected chi connectivity index (χ2v) is 21.0. The van der Waals surface area contributed by atoms with E-state index in [9.17, 15) is 28.4 Å². The lowest BCUT2D eigenvalue weighted by molar-refractivity contribution is -0.384. The first-order valence-corrected chi connectivity index (χ1v) is 24.3. The smallest absolute Gasteiger partial charge is 0.312 e. The van der Waals surface area contributed by atoms with Crippen LogP contribution in [0, 0.1) is 27.4 Å². The van der Waals surface area contributed by atoms with Crippen LogP contribution in [-0.4, -0.2) is 88.6 Å². The first-order valence-electron chi connectivity index (χ1n) is 22.8. The Kier molecular flexibility index (Phi) is 12.1. The van der Waals surface area contributed by atoms with E-state index in [2.05, 4.69) is 68.2 Å². The lowest BCUT2D eigenvalue weighted by Gasteiger charge is -2.57. The highest BCUT2D eigenvalue weighted by Gasteiger charge is 2.49. The SMILES string of the molecule is CC(C)c1ccccc1[C@@H]1CCC[C@@H]1N1CC2(CCN(c3ccc(C(=O)NS(=O)(=O)c4cnc(NC[C@H]5CC[C@](C)(O)CC5)c([N+](=O)[O-])c4)c(Oc4cc5cc[nH]c5nc4F)c3)CC2)C1. The predicted molar refractivity (Wildman–Crippen MR) is 246 cm³/mol. The maximum absolute atomic E-state index is 15.4. The fourth-order valence-electron chi connectivity index (χ4n) is 10.7. The van der Waals surface area contributed by atoms with E-state index in [1.165, 1.54) is 42.5 Å². The number of nitrogens with one attached hydrogen (secondary N) is 3. The van der Waals surface area contributed by atoms with Crippen molar-refractivity contribution >= 4 is 44.2 Å². The molecule has 4 fully saturated rings. The number of carbonyl (C=O) groups is 1. The van der Waals surface area contributed by atoms with Gasteiger partial charge in [-0.1, -0.05) is 44.5 Å². The third-order valence-electron chi connectivity index (χ3n) is 14.4. The summed E-state index contributed by atoms with van der Waals surface area (Å²) in [5.74, 6) is -1.32. The molecule has 65 heavy (non-hydrogen) atoms. The Bertz CT molecular complexity index is 2700. The Labute approximate surface area is 378 Å². The highest BCUT2D eigenvalue weighted by Crippen LogP contribution is 2.49. The summed E-state index contributed by atoms with van der Waals surface area (Å²) in [6, 6.07) is 18.3. The van der Waals surface area contributed by atoms with Crippen LogP contribution in [0.4, 0.5) is 21.6 Å². The van der Waals surface area contributed by atoms with E-state index in [1.54, 1.807) is 31.3 Å². The molecule has 15 nitrogen and oxygen atoms in total. The number of aliphatic hydroxyl groups is 1. The number of halogens is 1. The van der Waals surface area contributed by atoms with Crippen molar-refractivity contribution in [3.8, 4) is 11.5 Å². The van der Waals surface area contributed by atoms with Crippen LogP contribution in [0.25, 0.3) is 11.0 Å². The fraction of sp³-hybridized carbons (Fsp3) is 0.479. The Morgan fingerprint density at radius 2 is 1.78 bits per heavy atom. The third kappa shape index (κ3) is 9.27. The summed E-state index contributed by atoms with van der Waals surface area (Å²) < 4.78 is 50.9. The number of ether oxygens (including phenoxy) is 1. The van der Waals surface area contributed by atoms with E-state index in [0.29, 0.717) is 48.3 Å². The molecule has 17 heteroatoms. The van der Waals surface area contributed by atoms with Crippen molar-refractivity contribution in [3.05, 3.63) is 106 Å². The fourth-order valence-corrected chi connectivity index (χ4v) is 11.6. The van der Waals surface area contributed by atoms with Crippen molar-refractivity contribution in [2.24, 2.45) is 11.3 Å². The van der Waals surface area contributed by atoms with Gasteiger partial charge >= 0.3 is 5.69 Å². The number of likely N-dealkylation sites (tertiary alicyclic amines) is 1. The van der Waals surface area contributed by atoms with E-state index in [4.69, 9.17) is 4.74 Å². The van der Waals surface area contributed by atoms with Crippen molar-refractivity contribution < 1.29 is 32.4 Å². The number of hydrogen-bond acceptors (Lipinski definition) is 12. The molecule has 2 aliphatic heterocycles. The molecule has 3 aromatic heterocycles. The zero-order chi connectivity index (χ0) is 45.7. The molecule has 5 aromatic rings. The van der Waals surface area contributed by atoms with Gasteiger partial charge < -0.3 is 25.0 Å². The van der Waals surface area contributed by atoms with Crippen LogP contribution in [0.2, 0.25) is 0 Å². The van der Waals surface area contributed by atoms with Crippen LogP contribution in [0.1, 0.15) is 112 Å². The quantitative estimate of drug-likeness (QED) is 0.0500. The number of amides is 1. The molecule has 4 N–H and O–H groups in total. The highest BCUT2D eigenvalue weighted by atomic mass is 32.2. The number of aromatic amines is 1. The number of hydrogen-bond donors (Lipinski definition) is 4. The van der Waals surface area contributed by atoms with Gasteiger partial charge in [-0.3, -0.25) is 19.8 Å². The number of sulfonamides is 1. The van der Waals surface area contributed by atoms with Crippen LogP contribution in [0.15, 0.2) is 78.0 Å². The molecule has 0 radical (unpaired) electrons. The van der Waals surface area contributed by atoms with Crippen LogP contribution in [0.5, 0.6) is 11.5 Å². The second kappa shape index (κ2) is 17.6. The summed E-state index contributed by atoms with van der Waals surface area (Å²) in [5.41, 5.74) is 2.69. The third-order valence-corrected chi connectivity index (χ3v) is 15.7. The molecule has 5 heterocycles. The molecule has 2 aromatic carbocycles. The number of H-pyrrole nitrogens is 1. The zero-order valence-electron chi connectivity index (χ0n) is 37.1. The van der Waals surface area contributed by atoms with Crippen molar-refractivity contribution in [1.82, 2.24) is 24.6 Å². The first-order chi connectivity index (χ1) is 31.1. The van der Waals surface area contributed by atoms with E-state index >= 15 is 4.39 Å². The first kappa shape index (κ1) is 44.5. The molecule has 0 bridgehead atoms. The van der Waals surface area contributed by atoms with E-state index in [-0.39, 0.29) is 34.2 Å². The Morgan fingerprint density at radius 3 is 2.52 bits per heavy atom. The van der Waals surface area contributed by atoms with Gasteiger partial charge in [0, 0.05) is 68.2 Å². The minimum Gasteiger partial charge on any atom is -0.452 e. The van der Waals surface area contributed by atoms with Gasteiger partial charge in [-0.05, 0) is 117 Å². The summed E-state index contributed by atoms with van der Waals surface area (Å²) in [6.45, 7) is 10.3. The summed E-state index contributed by atoms with van der Waals surface area (Å²) in [7, 11) is -4.71. The average Bonchev–Trinajstić information content (AvgIpc) is 3.95. The minimum atomic E-state index is -4.71. The molecule has 0 unspecified atom stereocenters. The molecular formula is C48H57FN8O7S. The average molecular weight is 909 g/mol. The maximum atomic E-state index is 15.4. The number of aromatic nitrogens is 3. The Morgan fingerprint density at radius 1 is 1.03 bits per heavy atom. The van der Waals surface area contributed by atoms with Gasteiger partial charge in [-0.15, -0.1) is 0 Å². The van der Waals surface area contributed by atoms with Gasteiger partial charge in [-0.2, -0.15) is 9.37 Å². The van der Waals surface area contributed by atoms with Crippen LogP contribution in [0.3, 0.4) is 0 Å². The largest absolute Gasteiger partial charge is 0.452 e. The lowest BCUT2D eigenvalue weighted by atomic mass is 9.70. The summed E-state index contributed by atoms with van der Waals surface area (Å²) in [5, 5.41) is 25.9. The van der Waals surface area contributed by atoms with Crippen molar-refractivity contribution in [3.63, 3.8) is 0 Å². The molecule has 344 valence electrons. The predicted octanol–water partition coefficient (Wildman–Crippen LogP) is 8.63. The molecule has 9 rings (SSSR count). The summed E-state index contributed by atoms with van der Waals surface area (Å²) >= 11 is 0. The lowest BCUT2D eigenvalue weighted by Crippen LogP contribution is -2.63. The van der Waals surface area contributed by atoms with Gasteiger partial charge in [-0.25, -0.2) is 18.1 Å².